The number of aryl methyl sites for hydroxylation is 2. The normalized spacial score (nSPS) is 11.6. The van der Waals surface area contributed by atoms with Crippen molar-refractivity contribution >= 4 is 23.4 Å². The van der Waals surface area contributed by atoms with E-state index in [-0.39, 0.29) is 18.4 Å². The average molecular weight is 389 g/mol. The number of carbonyl (C=O) groups excluding carboxylic acids is 2. The van der Waals surface area contributed by atoms with E-state index in [4.69, 9.17) is 16.3 Å². The number of ether oxygens (including phenoxy) is 1. The van der Waals surface area contributed by atoms with Gasteiger partial charge in [0.05, 0.1) is 0 Å². The molecule has 144 valence electrons. The van der Waals surface area contributed by atoms with Crippen molar-refractivity contribution in [1.82, 2.24) is 10.2 Å². The van der Waals surface area contributed by atoms with Crippen molar-refractivity contribution < 1.29 is 14.3 Å². The average Bonchev–Trinajstić information content (AvgIpc) is 2.63. The fourth-order valence-electron chi connectivity index (χ4n) is 2.82. The van der Waals surface area contributed by atoms with E-state index >= 15 is 0 Å². The molecule has 0 aliphatic carbocycles. The molecule has 0 bridgehead atoms. The second kappa shape index (κ2) is 9.42. The van der Waals surface area contributed by atoms with Crippen molar-refractivity contribution in [2.45, 2.75) is 33.4 Å². The van der Waals surface area contributed by atoms with Crippen LogP contribution >= 0.6 is 11.6 Å². The fraction of sp³-hybridized carbons (Fsp3) is 0.333. The number of halogens is 1. The van der Waals surface area contributed by atoms with Crippen molar-refractivity contribution in [2.24, 2.45) is 0 Å². The van der Waals surface area contributed by atoms with Crippen LogP contribution in [0.15, 0.2) is 42.5 Å². The largest absolute Gasteiger partial charge is 0.484 e. The van der Waals surface area contributed by atoms with Gasteiger partial charge in [-0.1, -0.05) is 29.8 Å². The van der Waals surface area contributed by atoms with Gasteiger partial charge in [-0.3, -0.25) is 9.59 Å². The van der Waals surface area contributed by atoms with Crippen molar-refractivity contribution in [3.8, 4) is 5.75 Å². The number of amides is 2. The highest BCUT2D eigenvalue weighted by Gasteiger charge is 2.25. The Morgan fingerprint density at radius 1 is 1.11 bits per heavy atom. The van der Waals surface area contributed by atoms with Gasteiger partial charge in [-0.25, -0.2) is 0 Å². The number of hydrogen-bond donors (Lipinski definition) is 1. The summed E-state index contributed by atoms with van der Waals surface area (Å²) in [5, 5.41) is 3.21. The highest BCUT2D eigenvalue weighted by atomic mass is 35.5. The molecule has 27 heavy (non-hydrogen) atoms. The third-order valence-electron chi connectivity index (χ3n) is 4.24. The van der Waals surface area contributed by atoms with E-state index in [0.29, 0.717) is 17.3 Å². The summed E-state index contributed by atoms with van der Waals surface area (Å²) in [6.45, 7) is 5.80. The molecule has 0 saturated heterocycles. The third-order valence-corrected chi connectivity index (χ3v) is 4.49. The number of hydrogen-bond acceptors (Lipinski definition) is 3. The standard InChI is InChI=1S/C21H25ClN2O3/c1-14-9-15(2)11-19(10-14)27-13-20(25)24(16(3)21(26)23-4)12-17-5-7-18(22)8-6-17/h5-11,16H,12-13H2,1-4H3,(H,23,26). The van der Waals surface area contributed by atoms with Gasteiger partial charge in [0, 0.05) is 18.6 Å². The summed E-state index contributed by atoms with van der Waals surface area (Å²) in [4.78, 5) is 26.4. The summed E-state index contributed by atoms with van der Waals surface area (Å²) in [6.07, 6.45) is 0. The summed E-state index contributed by atoms with van der Waals surface area (Å²) in [5.74, 6) is 0.142. The zero-order valence-electron chi connectivity index (χ0n) is 16.1. The molecule has 1 N–H and O–H groups in total. The summed E-state index contributed by atoms with van der Waals surface area (Å²) in [5.41, 5.74) is 3.01. The van der Waals surface area contributed by atoms with Gasteiger partial charge >= 0.3 is 0 Å². The monoisotopic (exact) mass is 388 g/mol. The Balaban J connectivity index is 2.14. The van der Waals surface area contributed by atoms with Crippen LogP contribution in [0.4, 0.5) is 0 Å². The molecule has 2 rings (SSSR count). The summed E-state index contributed by atoms with van der Waals surface area (Å²) < 4.78 is 5.69. The van der Waals surface area contributed by atoms with E-state index < -0.39 is 6.04 Å². The zero-order chi connectivity index (χ0) is 20.0. The Hall–Kier alpha value is -2.53. The maximum absolute atomic E-state index is 12.8. The lowest BCUT2D eigenvalue weighted by atomic mass is 10.1. The summed E-state index contributed by atoms with van der Waals surface area (Å²) in [7, 11) is 1.55. The Morgan fingerprint density at radius 2 is 1.70 bits per heavy atom. The Morgan fingerprint density at radius 3 is 2.26 bits per heavy atom. The molecule has 0 heterocycles. The summed E-state index contributed by atoms with van der Waals surface area (Å²) >= 11 is 5.92. The van der Waals surface area contributed by atoms with Crippen molar-refractivity contribution in [3.05, 3.63) is 64.2 Å². The highest BCUT2D eigenvalue weighted by molar-refractivity contribution is 6.30. The number of nitrogens with zero attached hydrogens (tertiary/aromatic N) is 1. The first-order chi connectivity index (χ1) is 12.8. The molecule has 0 radical (unpaired) electrons. The highest BCUT2D eigenvalue weighted by Crippen LogP contribution is 2.17. The van der Waals surface area contributed by atoms with Crippen LogP contribution in [0.1, 0.15) is 23.6 Å². The smallest absolute Gasteiger partial charge is 0.261 e. The van der Waals surface area contributed by atoms with Crippen LogP contribution in [-0.4, -0.2) is 36.4 Å². The third kappa shape index (κ3) is 6.00. The minimum atomic E-state index is -0.624. The quantitative estimate of drug-likeness (QED) is 0.789. The van der Waals surface area contributed by atoms with Crippen molar-refractivity contribution in [3.63, 3.8) is 0 Å². The number of benzene rings is 2. The molecule has 0 spiro atoms. The van der Waals surface area contributed by atoms with E-state index in [1.807, 2.05) is 44.2 Å². The van der Waals surface area contributed by atoms with Crippen molar-refractivity contribution in [1.29, 1.82) is 0 Å². The maximum atomic E-state index is 12.8. The molecule has 1 atom stereocenters. The van der Waals surface area contributed by atoms with E-state index in [0.717, 1.165) is 16.7 Å². The minimum absolute atomic E-state index is 0.141. The Kier molecular flexibility index (Phi) is 7.25. The maximum Gasteiger partial charge on any atom is 0.261 e. The van der Waals surface area contributed by atoms with E-state index in [2.05, 4.69) is 5.32 Å². The van der Waals surface area contributed by atoms with Gasteiger partial charge in [0.1, 0.15) is 11.8 Å². The molecular formula is C21H25ClN2O3. The van der Waals surface area contributed by atoms with Gasteiger partial charge in [0.2, 0.25) is 5.91 Å². The van der Waals surface area contributed by atoms with Gasteiger partial charge in [-0.05, 0) is 61.7 Å². The molecule has 6 heteroatoms. The molecular weight excluding hydrogens is 364 g/mol. The van der Waals surface area contributed by atoms with Crippen LogP contribution in [0.3, 0.4) is 0 Å². The number of nitrogens with one attached hydrogen (secondary N) is 1. The predicted octanol–water partition coefficient (Wildman–Crippen LogP) is 3.50. The lowest BCUT2D eigenvalue weighted by molar-refractivity contribution is -0.142. The Labute approximate surface area is 165 Å². The molecule has 5 nitrogen and oxygen atoms in total. The van der Waals surface area contributed by atoms with Gasteiger partial charge in [0.25, 0.3) is 5.91 Å². The molecule has 0 aliphatic heterocycles. The summed E-state index contributed by atoms with van der Waals surface area (Å²) in [6, 6.07) is 12.4. The first-order valence-corrected chi connectivity index (χ1v) is 9.14. The predicted molar refractivity (Wildman–Crippen MR) is 107 cm³/mol. The minimum Gasteiger partial charge on any atom is -0.484 e. The van der Waals surface area contributed by atoms with Gasteiger partial charge in [-0.15, -0.1) is 0 Å². The van der Waals surface area contributed by atoms with Gasteiger partial charge < -0.3 is 15.0 Å². The number of rotatable bonds is 7. The van der Waals surface area contributed by atoms with E-state index in [1.54, 1.807) is 26.1 Å². The van der Waals surface area contributed by atoms with Crippen LogP contribution in [0, 0.1) is 13.8 Å². The van der Waals surface area contributed by atoms with Crippen molar-refractivity contribution in [2.75, 3.05) is 13.7 Å². The second-order valence-corrected chi connectivity index (χ2v) is 6.99. The second-order valence-electron chi connectivity index (χ2n) is 6.55. The van der Waals surface area contributed by atoms with Crippen LogP contribution in [-0.2, 0) is 16.1 Å². The first kappa shape index (κ1) is 20.8. The molecule has 0 fully saturated rings. The number of likely N-dealkylation sites (N-methyl/N-ethyl adjacent to an activating group) is 1. The van der Waals surface area contributed by atoms with Crippen LogP contribution in [0.2, 0.25) is 5.02 Å². The molecule has 0 saturated carbocycles. The first-order valence-electron chi connectivity index (χ1n) is 8.76. The SMILES string of the molecule is CNC(=O)C(C)N(Cc1ccc(Cl)cc1)C(=O)COc1cc(C)cc(C)c1. The van der Waals surface area contributed by atoms with E-state index in [1.165, 1.54) is 4.90 Å². The molecule has 2 amide bonds. The Bertz CT molecular complexity index is 785. The van der Waals surface area contributed by atoms with E-state index in [9.17, 15) is 9.59 Å². The van der Waals surface area contributed by atoms with Crippen LogP contribution < -0.4 is 10.1 Å². The van der Waals surface area contributed by atoms with Gasteiger partial charge in [0.15, 0.2) is 6.61 Å². The van der Waals surface area contributed by atoms with Gasteiger partial charge in [-0.2, -0.15) is 0 Å². The molecule has 0 aliphatic rings. The van der Waals surface area contributed by atoms with Crippen LogP contribution in [0.5, 0.6) is 5.75 Å². The zero-order valence-corrected chi connectivity index (χ0v) is 16.8. The van der Waals surface area contributed by atoms with Crippen LogP contribution in [0.25, 0.3) is 0 Å². The topological polar surface area (TPSA) is 58.6 Å². The fourth-order valence-corrected chi connectivity index (χ4v) is 2.95. The molecule has 0 aromatic heterocycles. The molecule has 2 aromatic rings. The molecule has 1 unspecified atom stereocenters. The lowest BCUT2D eigenvalue weighted by Gasteiger charge is -2.28. The number of carbonyl (C=O) groups is 2. The molecule has 2 aromatic carbocycles. The lowest BCUT2D eigenvalue weighted by Crippen LogP contribution is -2.48.